The van der Waals surface area contributed by atoms with Crippen LogP contribution in [0.5, 0.6) is 0 Å². The third-order valence-corrected chi connectivity index (χ3v) is 4.62. The predicted molar refractivity (Wildman–Crippen MR) is 79.6 cm³/mol. The SMILES string of the molecule is CN(C)C(=O)c1c(N)sc2c1-c1ccccc1CC2. The molecule has 3 rings (SSSR count). The van der Waals surface area contributed by atoms with Gasteiger partial charge in [-0.05, 0) is 24.0 Å². The number of carbonyl (C=O) groups excluding carboxylic acids is 1. The number of benzene rings is 1. The fourth-order valence-corrected chi connectivity index (χ4v) is 3.70. The van der Waals surface area contributed by atoms with Crippen molar-refractivity contribution in [2.45, 2.75) is 12.8 Å². The van der Waals surface area contributed by atoms with Crippen LogP contribution in [0.25, 0.3) is 11.1 Å². The van der Waals surface area contributed by atoms with Crippen LogP contribution in [0.3, 0.4) is 0 Å². The molecule has 3 nitrogen and oxygen atoms in total. The lowest BCUT2D eigenvalue weighted by Crippen LogP contribution is -2.23. The highest BCUT2D eigenvalue weighted by atomic mass is 32.1. The highest BCUT2D eigenvalue weighted by Crippen LogP contribution is 2.44. The van der Waals surface area contributed by atoms with Crippen LogP contribution in [0.2, 0.25) is 0 Å². The van der Waals surface area contributed by atoms with Crippen molar-refractivity contribution in [1.82, 2.24) is 4.90 Å². The molecule has 1 aromatic heterocycles. The summed E-state index contributed by atoms with van der Waals surface area (Å²) in [4.78, 5) is 15.2. The number of hydrogen-bond donors (Lipinski definition) is 1. The Labute approximate surface area is 116 Å². The second kappa shape index (κ2) is 4.38. The van der Waals surface area contributed by atoms with Crippen molar-refractivity contribution in [3.05, 3.63) is 40.3 Å². The van der Waals surface area contributed by atoms with Crippen molar-refractivity contribution >= 4 is 22.2 Å². The molecule has 0 aliphatic heterocycles. The molecule has 1 aliphatic rings. The standard InChI is InChI=1S/C15H16N2OS/c1-17(2)15(18)13-12-10-6-4-3-5-9(10)7-8-11(12)19-14(13)16/h3-6H,7-8,16H2,1-2H3. The summed E-state index contributed by atoms with van der Waals surface area (Å²) in [6.07, 6.45) is 2.00. The highest BCUT2D eigenvalue weighted by molar-refractivity contribution is 7.17. The van der Waals surface area contributed by atoms with Crippen molar-refractivity contribution in [2.75, 3.05) is 19.8 Å². The average molecular weight is 272 g/mol. The van der Waals surface area contributed by atoms with Crippen molar-refractivity contribution < 1.29 is 4.79 Å². The van der Waals surface area contributed by atoms with Gasteiger partial charge >= 0.3 is 0 Å². The van der Waals surface area contributed by atoms with Crippen LogP contribution < -0.4 is 5.73 Å². The van der Waals surface area contributed by atoms with Crippen LogP contribution in [0.15, 0.2) is 24.3 Å². The first-order chi connectivity index (χ1) is 9.09. The quantitative estimate of drug-likeness (QED) is 0.867. The summed E-state index contributed by atoms with van der Waals surface area (Å²) in [6.45, 7) is 0. The average Bonchev–Trinajstić information content (AvgIpc) is 2.74. The Hall–Kier alpha value is -1.81. The van der Waals surface area contributed by atoms with Crippen LogP contribution in [-0.2, 0) is 12.8 Å². The maximum atomic E-state index is 12.4. The van der Waals surface area contributed by atoms with E-state index in [9.17, 15) is 4.79 Å². The van der Waals surface area contributed by atoms with E-state index in [2.05, 4.69) is 12.1 Å². The number of rotatable bonds is 1. The number of nitrogens with zero attached hydrogens (tertiary/aromatic N) is 1. The Kier molecular flexibility index (Phi) is 2.82. The van der Waals surface area contributed by atoms with Gasteiger partial charge in [-0.3, -0.25) is 4.79 Å². The van der Waals surface area contributed by atoms with E-state index in [-0.39, 0.29) is 5.91 Å². The molecule has 0 saturated carbocycles. The molecule has 2 N–H and O–H groups in total. The molecule has 19 heavy (non-hydrogen) atoms. The van der Waals surface area contributed by atoms with E-state index < -0.39 is 0 Å². The first-order valence-corrected chi connectivity index (χ1v) is 7.12. The molecule has 0 spiro atoms. The molecule has 1 heterocycles. The topological polar surface area (TPSA) is 46.3 Å². The Morgan fingerprint density at radius 1 is 1.26 bits per heavy atom. The number of aryl methyl sites for hydroxylation is 2. The smallest absolute Gasteiger partial charge is 0.256 e. The lowest BCUT2D eigenvalue weighted by molar-refractivity contribution is 0.0829. The molecule has 98 valence electrons. The summed E-state index contributed by atoms with van der Waals surface area (Å²) in [7, 11) is 3.53. The minimum absolute atomic E-state index is 0.00768. The van der Waals surface area contributed by atoms with E-state index in [0.717, 1.165) is 18.4 Å². The van der Waals surface area contributed by atoms with Crippen molar-refractivity contribution in [2.24, 2.45) is 0 Å². The molecule has 0 saturated heterocycles. The number of anilines is 1. The number of nitrogen functional groups attached to an aromatic ring is 1. The van der Waals surface area contributed by atoms with Crippen LogP contribution in [0.4, 0.5) is 5.00 Å². The fraction of sp³-hybridized carbons (Fsp3) is 0.267. The van der Waals surface area contributed by atoms with Crippen molar-refractivity contribution in [3.63, 3.8) is 0 Å². The number of amides is 1. The van der Waals surface area contributed by atoms with E-state index in [4.69, 9.17) is 5.73 Å². The van der Waals surface area contributed by atoms with E-state index in [1.807, 2.05) is 12.1 Å². The molecule has 0 fully saturated rings. The Morgan fingerprint density at radius 3 is 2.74 bits per heavy atom. The summed E-state index contributed by atoms with van der Waals surface area (Å²) in [5, 5.41) is 0.639. The van der Waals surface area contributed by atoms with Crippen molar-refractivity contribution in [1.29, 1.82) is 0 Å². The third-order valence-electron chi connectivity index (χ3n) is 3.54. The summed E-state index contributed by atoms with van der Waals surface area (Å²) >= 11 is 1.56. The van der Waals surface area contributed by atoms with Gasteiger partial charge in [-0.15, -0.1) is 11.3 Å². The molecular weight excluding hydrogens is 256 g/mol. The van der Waals surface area contributed by atoms with Crippen LogP contribution >= 0.6 is 11.3 Å². The third kappa shape index (κ3) is 1.83. The molecule has 0 unspecified atom stereocenters. The van der Waals surface area contributed by atoms with Gasteiger partial charge in [-0.2, -0.15) is 0 Å². The van der Waals surface area contributed by atoms with Gasteiger partial charge in [0.15, 0.2) is 0 Å². The lowest BCUT2D eigenvalue weighted by atomic mass is 9.88. The van der Waals surface area contributed by atoms with E-state index in [1.54, 1.807) is 30.3 Å². The second-order valence-corrected chi connectivity index (χ2v) is 6.13. The largest absolute Gasteiger partial charge is 0.390 e. The predicted octanol–water partition coefficient (Wildman–Crippen LogP) is 2.80. The number of thiophene rings is 1. The Bertz CT molecular complexity index is 658. The van der Waals surface area contributed by atoms with E-state index >= 15 is 0 Å². The number of nitrogens with two attached hydrogens (primary N) is 1. The normalized spacial score (nSPS) is 12.7. The molecule has 0 bridgehead atoms. The lowest BCUT2D eigenvalue weighted by Gasteiger charge is -2.18. The first-order valence-electron chi connectivity index (χ1n) is 6.30. The summed E-state index contributed by atoms with van der Waals surface area (Å²) in [5.41, 5.74) is 10.3. The maximum Gasteiger partial charge on any atom is 0.256 e. The summed E-state index contributed by atoms with van der Waals surface area (Å²) in [5.74, 6) is -0.00768. The van der Waals surface area contributed by atoms with Crippen LogP contribution in [-0.4, -0.2) is 24.9 Å². The molecule has 0 radical (unpaired) electrons. The summed E-state index contributed by atoms with van der Waals surface area (Å²) in [6, 6.07) is 8.29. The van der Waals surface area contributed by atoms with Gasteiger partial charge in [0.25, 0.3) is 5.91 Å². The first kappa shape index (κ1) is 12.2. The van der Waals surface area contributed by atoms with E-state index in [0.29, 0.717) is 10.6 Å². The minimum atomic E-state index is -0.00768. The zero-order valence-corrected chi connectivity index (χ0v) is 11.9. The number of hydrogen-bond acceptors (Lipinski definition) is 3. The molecule has 1 aliphatic carbocycles. The van der Waals surface area contributed by atoms with Crippen LogP contribution in [0, 0.1) is 0 Å². The zero-order chi connectivity index (χ0) is 13.6. The van der Waals surface area contributed by atoms with E-state index in [1.165, 1.54) is 16.0 Å². The van der Waals surface area contributed by atoms with Gasteiger partial charge in [0.1, 0.15) is 0 Å². The molecular formula is C15H16N2OS. The van der Waals surface area contributed by atoms with Crippen LogP contribution in [0.1, 0.15) is 20.8 Å². The minimum Gasteiger partial charge on any atom is -0.390 e. The molecule has 2 aromatic rings. The van der Waals surface area contributed by atoms with Gasteiger partial charge in [0, 0.05) is 24.5 Å². The maximum absolute atomic E-state index is 12.4. The highest BCUT2D eigenvalue weighted by Gasteiger charge is 2.27. The number of fused-ring (bicyclic) bond motifs is 3. The zero-order valence-electron chi connectivity index (χ0n) is 11.1. The van der Waals surface area contributed by atoms with Crippen molar-refractivity contribution in [3.8, 4) is 11.1 Å². The molecule has 1 aromatic carbocycles. The molecule has 1 amide bonds. The number of carbonyl (C=O) groups is 1. The molecule has 4 heteroatoms. The Morgan fingerprint density at radius 2 is 2.00 bits per heavy atom. The fourth-order valence-electron chi connectivity index (χ4n) is 2.62. The van der Waals surface area contributed by atoms with Gasteiger partial charge in [-0.1, -0.05) is 24.3 Å². The monoisotopic (exact) mass is 272 g/mol. The second-order valence-electron chi connectivity index (χ2n) is 5.00. The summed E-state index contributed by atoms with van der Waals surface area (Å²) < 4.78 is 0. The van der Waals surface area contributed by atoms with Gasteiger partial charge in [0.2, 0.25) is 0 Å². The van der Waals surface area contributed by atoms with Gasteiger partial charge in [-0.25, -0.2) is 0 Å². The molecule has 0 atom stereocenters. The Balaban J connectivity index is 2.26. The van der Waals surface area contributed by atoms with Gasteiger partial charge in [0.05, 0.1) is 10.6 Å². The van der Waals surface area contributed by atoms with Gasteiger partial charge < -0.3 is 10.6 Å².